The van der Waals surface area contributed by atoms with Gasteiger partial charge in [0.2, 0.25) is 10.0 Å². The molecule has 2 N–H and O–H groups in total. The summed E-state index contributed by atoms with van der Waals surface area (Å²) in [6.07, 6.45) is 1.93. The molecule has 1 aromatic carbocycles. The first-order valence-electron chi connectivity index (χ1n) is 6.56. The minimum Gasteiger partial charge on any atom is -0.316 e. The van der Waals surface area contributed by atoms with E-state index in [0.717, 1.165) is 32.0 Å². The van der Waals surface area contributed by atoms with Crippen LogP contribution in [0.3, 0.4) is 0 Å². The van der Waals surface area contributed by atoms with Crippen LogP contribution in [0.5, 0.6) is 0 Å². The Labute approximate surface area is 117 Å². The van der Waals surface area contributed by atoms with Crippen LogP contribution < -0.4 is 10.0 Å². The second kappa shape index (κ2) is 6.15. The fraction of sp³-hybridized carbons (Fsp3) is 0.538. The van der Waals surface area contributed by atoms with Crippen LogP contribution in [0.4, 0.5) is 8.78 Å². The van der Waals surface area contributed by atoms with E-state index < -0.39 is 26.6 Å². The molecule has 1 aliphatic heterocycles. The average Bonchev–Trinajstić information content (AvgIpc) is 2.42. The van der Waals surface area contributed by atoms with Crippen LogP contribution in [0.2, 0.25) is 0 Å². The maximum absolute atomic E-state index is 13.6. The highest BCUT2D eigenvalue weighted by atomic mass is 32.2. The van der Waals surface area contributed by atoms with E-state index >= 15 is 0 Å². The molecule has 112 valence electrons. The van der Waals surface area contributed by atoms with E-state index in [1.807, 2.05) is 0 Å². The molecule has 0 saturated carbocycles. The molecule has 0 radical (unpaired) electrons. The topological polar surface area (TPSA) is 58.2 Å². The highest BCUT2D eigenvalue weighted by Crippen LogP contribution is 2.19. The van der Waals surface area contributed by atoms with Gasteiger partial charge in [-0.2, -0.15) is 0 Å². The molecule has 1 fully saturated rings. The Morgan fingerprint density at radius 2 is 2.10 bits per heavy atom. The first-order valence-corrected chi connectivity index (χ1v) is 8.04. The van der Waals surface area contributed by atoms with Crippen LogP contribution >= 0.6 is 0 Å². The van der Waals surface area contributed by atoms with Crippen molar-refractivity contribution in [2.24, 2.45) is 5.92 Å². The Kier molecular flexibility index (Phi) is 4.72. The minimum atomic E-state index is -3.95. The van der Waals surface area contributed by atoms with Gasteiger partial charge in [0, 0.05) is 12.6 Å². The predicted molar refractivity (Wildman–Crippen MR) is 71.9 cm³/mol. The Bertz CT molecular complexity index is 584. The summed E-state index contributed by atoms with van der Waals surface area (Å²) in [6, 6.07) is 1.62. The molecule has 1 atom stereocenters. The molecule has 20 heavy (non-hydrogen) atoms. The lowest BCUT2D eigenvalue weighted by atomic mass is 10.0. The van der Waals surface area contributed by atoms with Crippen LogP contribution in [0.25, 0.3) is 0 Å². The summed E-state index contributed by atoms with van der Waals surface area (Å²) in [6.45, 7) is 3.34. The highest BCUT2D eigenvalue weighted by Gasteiger charge is 2.22. The molecule has 0 spiro atoms. The van der Waals surface area contributed by atoms with Crippen molar-refractivity contribution < 1.29 is 17.2 Å². The summed E-state index contributed by atoms with van der Waals surface area (Å²) in [7, 11) is -3.95. The van der Waals surface area contributed by atoms with Gasteiger partial charge in [-0.1, -0.05) is 0 Å². The number of benzene rings is 1. The van der Waals surface area contributed by atoms with Crippen molar-refractivity contribution in [3.63, 3.8) is 0 Å². The number of rotatable bonds is 4. The fourth-order valence-corrected chi connectivity index (χ4v) is 3.50. The third-order valence-electron chi connectivity index (χ3n) is 3.46. The second-order valence-corrected chi connectivity index (χ2v) is 6.83. The van der Waals surface area contributed by atoms with Gasteiger partial charge in [-0.25, -0.2) is 21.9 Å². The molecule has 0 aromatic heterocycles. The summed E-state index contributed by atoms with van der Waals surface area (Å²) >= 11 is 0. The molecule has 0 bridgehead atoms. The molecule has 0 amide bonds. The van der Waals surface area contributed by atoms with Crippen molar-refractivity contribution in [3.05, 3.63) is 29.3 Å². The van der Waals surface area contributed by atoms with E-state index in [2.05, 4.69) is 10.0 Å². The molecule has 7 heteroatoms. The van der Waals surface area contributed by atoms with Gasteiger partial charge in [0.05, 0.1) is 0 Å². The molecular formula is C13H18F2N2O2S. The van der Waals surface area contributed by atoms with Crippen LogP contribution in [-0.2, 0) is 10.0 Å². The number of halogens is 2. The normalized spacial score (nSPS) is 20.1. The Balaban J connectivity index is 2.11. The SMILES string of the molecule is Cc1cc(S(=O)(=O)NCC2CCCNC2)c(F)cc1F. The smallest absolute Gasteiger partial charge is 0.243 e. The summed E-state index contributed by atoms with van der Waals surface area (Å²) < 4.78 is 53.3. The number of hydrogen-bond acceptors (Lipinski definition) is 3. The van der Waals surface area contributed by atoms with Crippen molar-refractivity contribution >= 4 is 10.0 Å². The lowest BCUT2D eigenvalue weighted by molar-refractivity contribution is 0.375. The summed E-state index contributed by atoms with van der Waals surface area (Å²) in [5, 5.41) is 3.18. The van der Waals surface area contributed by atoms with Gasteiger partial charge < -0.3 is 5.32 Å². The van der Waals surface area contributed by atoms with Crippen molar-refractivity contribution in [1.82, 2.24) is 10.0 Å². The zero-order valence-electron chi connectivity index (χ0n) is 11.2. The zero-order valence-corrected chi connectivity index (χ0v) is 12.1. The molecule has 1 aliphatic rings. The molecule has 0 aliphatic carbocycles. The maximum Gasteiger partial charge on any atom is 0.243 e. The molecule has 1 saturated heterocycles. The number of aryl methyl sites for hydroxylation is 1. The largest absolute Gasteiger partial charge is 0.316 e. The Morgan fingerprint density at radius 1 is 1.35 bits per heavy atom. The van der Waals surface area contributed by atoms with Crippen LogP contribution in [-0.4, -0.2) is 28.1 Å². The predicted octanol–water partition coefficient (Wildman–Crippen LogP) is 1.55. The summed E-state index contributed by atoms with van der Waals surface area (Å²) in [4.78, 5) is -0.500. The van der Waals surface area contributed by atoms with Crippen LogP contribution in [0.1, 0.15) is 18.4 Å². The van der Waals surface area contributed by atoms with Crippen molar-refractivity contribution in [2.45, 2.75) is 24.7 Å². The van der Waals surface area contributed by atoms with E-state index in [1.165, 1.54) is 6.92 Å². The third-order valence-corrected chi connectivity index (χ3v) is 4.90. The van der Waals surface area contributed by atoms with Gasteiger partial charge in [0.15, 0.2) is 0 Å². The Hall–Kier alpha value is -1.05. The third kappa shape index (κ3) is 3.53. The monoisotopic (exact) mass is 304 g/mol. The lowest BCUT2D eigenvalue weighted by Gasteiger charge is -2.22. The van der Waals surface area contributed by atoms with Gasteiger partial charge >= 0.3 is 0 Å². The first kappa shape index (κ1) is 15.3. The van der Waals surface area contributed by atoms with Crippen molar-refractivity contribution in [3.8, 4) is 0 Å². The first-order chi connectivity index (χ1) is 9.40. The molecule has 1 heterocycles. The summed E-state index contributed by atoms with van der Waals surface area (Å²) in [5.74, 6) is -1.62. The molecule has 1 unspecified atom stereocenters. The number of hydrogen-bond donors (Lipinski definition) is 2. The van der Waals surface area contributed by atoms with Crippen LogP contribution in [0.15, 0.2) is 17.0 Å². The van der Waals surface area contributed by atoms with Crippen molar-refractivity contribution in [2.75, 3.05) is 19.6 Å². The fourth-order valence-electron chi connectivity index (χ4n) is 2.24. The zero-order chi connectivity index (χ0) is 14.8. The molecule has 4 nitrogen and oxygen atoms in total. The molecule has 2 rings (SSSR count). The van der Waals surface area contributed by atoms with E-state index in [4.69, 9.17) is 0 Å². The quantitative estimate of drug-likeness (QED) is 0.887. The number of nitrogens with one attached hydrogen (secondary N) is 2. The number of sulfonamides is 1. The van der Waals surface area contributed by atoms with E-state index in [9.17, 15) is 17.2 Å². The lowest BCUT2D eigenvalue weighted by Crippen LogP contribution is -2.38. The van der Waals surface area contributed by atoms with Crippen LogP contribution in [0, 0.1) is 24.5 Å². The molecular weight excluding hydrogens is 286 g/mol. The van der Waals surface area contributed by atoms with Gasteiger partial charge in [0.25, 0.3) is 0 Å². The van der Waals surface area contributed by atoms with E-state index in [-0.39, 0.29) is 18.0 Å². The van der Waals surface area contributed by atoms with Gasteiger partial charge in [-0.05, 0) is 50.4 Å². The van der Waals surface area contributed by atoms with E-state index in [1.54, 1.807) is 0 Å². The maximum atomic E-state index is 13.6. The minimum absolute atomic E-state index is 0.103. The highest BCUT2D eigenvalue weighted by molar-refractivity contribution is 7.89. The van der Waals surface area contributed by atoms with E-state index in [0.29, 0.717) is 6.07 Å². The van der Waals surface area contributed by atoms with Gasteiger partial charge in [-0.3, -0.25) is 0 Å². The molecule has 1 aromatic rings. The standard InChI is InChI=1S/C13H18F2N2O2S/c1-9-5-13(12(15)6-11(9)14)20(18,19)17-8-10-3-2-4-16-7-10/h5-6,10,16-17H,2-4,7-8H2,1H3. The van der Waals surface area contributed by atoms with Crippen molar-refractivity contribution in [1.29, 1.82) is 0 Å². The Morgan fingerprint density at radius 3 is 2.75 bits per heavy atom. The second-order valence-electron chi connectivity index (χ2n) is 5.10. The number of piperidine rings is 1. The summed E-state index contributed by atoms with van der Waals surface area (Å²) in [5.41, 5.74) is 0.103. The van der Waals surface area contributed by atoms with Gasteiger partial charge in [-0.15, -0.1) is 0 Å². The average molecular weight is 304 g/mol. The van der Waals surface area contributed by atoms with Gasteiger partial charge in [0.1, 0.15) is 16.5 Å².